The number of ether oxygens (including phenoxy) is 3. The van der Waals surface area contributed by atoms with E-state index in [2.05, 4.69) is 10.6 Å². The van der Waals surface area contributed by atoms with Crippen LogP contribution in [-0.4, -0.2) is 18.8 Å². The van der Waals surface area contributed by atoms with Crippen molar-refractivity contribution < 1.29 is 32.6 Å². The minimum absolute atomic E-state index is 0.153. The maximum absolute atomic E-state index is 13.6. The van der Waals surface area contributed by atoms with Crippen LogP contribution in [0.5, 0.6) is 11.5 Å². The van der Waals surface area contributed by atoms with Gasteiger partial charge in [-0.3, -0.25) is 0 Å². The van der Waals surface area contributed by atoms with E-state index >= 15 is 0 Å². The normalized spacial score (nSPS) is 16.4. The molecule has 9 heteroatoms. The zero-order valence-electron chi connectivity index (χ0n) is 19.1. The third-order valence-corrected chi connectivity index (χ3v) is 5.94. The lowest BCUT2D eigenvalue weighted by molar-refractivity contribution is -0.140. The van der Waals surface area contributed by atoms with Gasteiger partial charge in [-0.25, -0.2) is 18.4 Å². The number of hydrogen-bond donors (Lipinski definition) is 2. The summed E-state index contributed by atoms with van der Waals surface area (Å²) in [6.07, 6.45) is 0.804. The lowest BCUT2D eigenvalue weighted by Crippen LogP contribution is -2.46. The molecule has 2 aliphatic rings. The second kappa shape index (κ2) is 10.1. The smallest absolute Gasteiger partial charge is 0.338 e. The van der Waals surface area contributed by atoms with Crippen LogP contribution in [0.2, 0.25) is 0 Å². The molecule has 2 aliphatic heterocycles. The SMILES string of the molecule is O=C1NC(CCc2ccc3c(c2)OCO3)=C(C(=O)OCc2cccc(F)c2)C(c2ccc(F)cc2)N1. The monoisotopic (exact) mass is 492 g/mol. The Labute approximate surface area is 205 Å². The van der Waals surface area contributed by atoms with Crippen LogP contribution in [0.4, 0.5) is 13.6 Å². The number of amides is 2. The first-order valence-corrected chi connectivity index (χ1v) is 11.3. The summed E-state index contributed by atoms with van der Waals surface area (Å²) in [6.45, 7) is 0.00589. The molecule has 184 valence electrons. The van der Waals surface area contributed by atoms with Gasteiger partial charge >= 0.3 is 12.0 Å². The zero-order valence-corrected chi connectivity index (χ0v) is 19.1. The van der Waals surface area contributed by atoms with E-state index in [4.69, 9.17) is 14.2 Å². The van der Waals surface area contributed by atoms with Crippen molar-refractivity contribution in [1.82, 2.24) is 10.6 Å². The molecule has 3 aromatic carbocycles. The standard InChI is InChI=1S/C27H22F2N2O5/c28-19-8-6-18(7-9-19)25-24(26(32)34-14-17-2-1-3-20(29)12-17)21(30-27(33)31-25)10-4-16-5-11-22-23(13-16)36-15-35-22/h1-3,5-9,11-13,25H,4,10,14-15H2,(H2,30,31,33). The van der Waals surface area contributed by atoms with Gasteiger partial charge < -0.3 is 24.8 Å². The van der Waals surface area contributed by atoms with E-state index in [1.807, 2.05) is 18.2 Å². The average Bonchev–Trinajstić information content (AvgIpc) is 3.34. The molecule has 1 atom stereocenters. The van der Waals surface area contributed by atoms with E-state index < -0.39 is 29.7 Å². The zero-order chi connectivity index (χ0) is 25.1. The average molecular weight is 492 g/mol. The second-order valence-corrected chi connectivity index (χ2v) is 8.37. The summed E-state index contributed by atoms with van der Waals surface area (Å²) in [6, 6.07) is 15.5. The van der Waals surface area contributed by atoms with Crippen molar-refractivity contribution in [2.75, 3.05) is 6.79 Å². The summed E-state index contributed by atoms with van der Waals surface area (Å²) in [5.41, 5.74) is 2.50. The van der Waals surface area contributed by atoms with Crippen LogP contribution in [0, 0.1) is 11.6 Å². The highest BCUT2D eigenvalue weighted by Crippen LogP contribution is 2.34. The highest BCUT2D eigenvalue weighted by molar-refractivity contribution is 5.95. The van der Waals surface area contributed by atoms with Crippen molar-refractivity contribution in [1.29, 1.82) is 0 Å². The third kappa shape index (κ3) is 5.14. The van der Waals surface area contributed by atoms with Crippen LogP contribution in [0.3, 0.4) is 0 Å². The molecule has 0 radical (unpaired) electrons. The topological polar surface area (TPSA) is 85.9 Å². The number of hydrogen-bond acceptors (Lipinski definition) is 5. The number of urea groups is 1. The molecule has 5 rings (SSSR count). The van der Waals surface area contributed by atoms with Crippen molar-refractivity contribution in [2.24, 2.45) is 0 Å². The molecule has 2 N–H and O–H groups in total. The highest BCUT2D eigenvalue weighted by Gasteiger charge is 2.33. The Bertz CT molecular complexity index is 1340. The van der Waals surface area contributed by atoms with Gasteiger partial charge in [-0.2, -0.15) is 0 Å². The van der Waals surface area contributed by atoms with E-state index in [0.717, 1.165) is 5.56 Å². The first kappa shape index (κ1) is 23.3. The Hall–Kier alpha value is -4.40. The molecule has 0 aromatic heterocycles. The molecule has 0 bridgehead atoms. The number of fused-ring (bicyclic) bond motifs is 1. The second-order valence-electron chi connectivity index (χ2n) is 8.37. The molecule has 1 unspecified atom stereocenters. The van der Waals surface area contributed by atoms with E-state index in [-0.39, 0.29) is 19.0 Å². The largest absolute Gasteiger partial charge is 0.457 e. The van der Waals surface area contributed by atoms with Crippen LogP contribution >= 0.6 is 0 Å². The molecular formula is C27H22F2N2O5. The van der Waals surface area contributed by atoms with Crippen molar-refractivity contribution in [3.63, 3.8) is 0 Å². The van der Waals surface area contributed by atoms with Crippen LogP contribution in [0.1, 0.15) is 29.2 Å². The van der Waals surface area contributed by atoms with Crippen molar-refractivity contribution >= 4 is 12.0 Å². The maximum atomic E-state index is 13.6. The molecule has 0 spiro atoms. The fraction of sp³-hybridized carbons (Fsp3) is 0.185. The number of benzene rings is 3. The summed E-state index contributed by atoms with van der Waals surface area (Å²) in [5.74, 6) is -0.271. The van der Waals surface area contributed by atoms with Gasteiger partial charge in [0.25, 0.3) is 0 Å². The Morgan fingerprint density at radius 1 is 0.917 bits per heavy atom. The molecule has 2 amide bonds. The van der Waals surface area contributed by atoms with Crippen LogP contribution in [0.15, 0.2) is 78.0 Å². The highest BCUT2D eigenvalue weighted by atomic mass is 19.1. The number of nitrogens with one attached hydrogen (secondary N) is 2. The predicted octanol–water partition coefficient (Wildman–Crippen LogP) is 4.68. The lowest BCUT2D eigenvalue weighted by Gasteiger charge is -2.29. The number of aryl methyl sites for hydroxylation is 1. The Balaban J connectivity index is 1.44. The van der Waals surface area contributed by atoms with Crippen molar-refractivity contribution in [3.05, 3.63) is 106 Å². The molecule has 7 nitrogen and oxygen atoms in total. The van der Waals surface area contributed by atoms with Gasteiger partial charge in [-0.1, -0.05) is 30.3 Å². The Kier molecular flexibility index (Phi) is 6.53. The first-order valence-electron chi connectivity index (χ1n) is 11.3. The molecule has 36 heavy (non-hydrogen) atoms. The molecule has 0 saturated heterocycles. The number of allylic oxidation sites excluding steroid dienone is 1. The molecule has 0 fully saturated rings. The van der Waals surface area contributed by atoms with E-state index in [1.54, 1.807) is 6.07 Å². The first-order chi connectivity index (χ1) is 17.5. The fourth-order valence-electron chi connectivity index (χ4n) is 4.18. The molecular weight excluding hydrogens is 470 g/mol. The van der Waals surface area contributed by atoms with Crippen molar-refractivity contribution in [3.8, 4) is 11.5 Å². The molecule has 0 aliphatic carbocycles. The summed E-state index contributed by atoms with van der Waals surface area (Å²) in [4.78, 5) is 25.8. The van der Waals surface area contributed by atoms with Crippen LogP contribution in [0.25, 0.3) is 0 Å². The summed E-state index contributed by atoms with van der Waals surface area (Å²) in [5, 5.41) is 5.45. The minimum atomic E-state index is -0.855. The Morgan fingerprint density at radius 3 is 2.53 bits per heavy atom. The van der Waals surface area contributed by atoms with Gasteiger partial charge in [0, 0.05) is 5.70 Å². The van der Waals surface area contributed by atoms with Crippen molar-refractivity contribution in [2.45, 2.75) is 25.5 Å². The van der Waals surface area contributed by atoms with E-state index in [1.165, 1.54) is 42.5 Å². The van der Waals surface area contributed by atoms with Gasteiger partial charge in [0.2, 0.25) is 6.79 Å². The number of esters is 1. The molecule has 3 aromatic rings. The summed E-state index contributed by atoms with van der Waals surface area (Å²) in [7, 11) is 0. The number of halogens is 2. The summed E-state index contributed by atoms with van der Waals surface area (Å²) < 4.78 is 43.4. The summed E-state index contributed by atoms with van der Waals surface area (Å²) >= 11 is 0. The third-order valence-electron chi connectivity index (χ3n) is 5.94. The van der Waals surface area contributed by atoms with Gasteiger partial charge in [-0.05, 0) is 65.9 Å². The van der Waals surface area contributed by atoms with Gasteiger partial charge in [0.05, 0.1) is 11.6 Å². The quantitative estimate of drug-likeness (QED) is 0.468. The molecule has 0 saturated carbocycles. The van der Waals surface area contributed by atoms with E-state index in [0.29, 0.717) is 41.2 Å². The van der Waals surface area contributed by atoms with Crippen LogP contribution in [-0.2, 0) is 22.6 Å². The van der Waals surface area contributed by atoms with Gasteiger partial charge in [-0.15, -0.1) is 0 Å². The fourth-order valence-corrected chi connectivity index (χ4v) is 4.18. The minimum Gasteiger partial charge on any atom is -0.457 e. The Morgan fingerprint density at radius 2 is 1.72 bits per heavy atom. The van der Waals surface area contributed by atoms with Gasteiger partial charge in [0.15, 0.2) is 11.5 Å². The number of rotatable bonds is 7. The van der Waals surface area contributed by atoms with E-state index in [9.17, 15) is 18.4 Å². The van der Waals surface area contributed by atoms with Gasteiger partial charge in [0.1, 0.15) is 18.2 Å². The number of carbonyl (C=O) groups excluding carboxylic acids is 2. The molecule has 2 heterocycles. The number of carbonyl (C=O) groups is 2. The maximum Gasteiger partial charge on any atom is 0.338 e. The lowest BCUT2D eigenvalue weighted by atomic mass is 9.93. The van der Waals surface area contributed by atoms with Crippen LogP contribution < -0.4 is 20.1 Å². The predicted molar refractivity (Wildman–Crippen MR) is 125 cm³/mol.